The number of pyridine rings is 1. The lowest BCUT2D eigenvalue weighted by atomic mass is 10.1. The van der Waals surface area contributed by atoms with Crippen LogP contribution in [-0.2, 0) is 11.3 Å². The maximum Gasteiger partial charge on any atom is 0.265 e. The van der Waals surface area contributed by atoms with Gasteiger partial charge < -0.3 is 20.7 Å². The fourth-order valence-electron chi connectivity index (χ4n) is 3.63. The Bertz CT molecular complexity index is 844. The molecule has 0 bridgehead atoms. The van der Waals surface area contributed by atoms with Gasteiger partial charge >= 0.3 is 0 Å². The Kier molecular flexibility index (Phi) is 4.61. The third-order valence-electron chi connectivity index (χ3n) is 5.13. The van der Waals surface area contributed by atoms with Crippen molar-refractivity contribution in [3.8, 4) is 5.75 Å². The van der Waals surface area contributed by atoms with Gasteiger partial charge in [0.25, 0.3) is 5.91 Å². The summed E-state index contributed by atoms with van der Waals surface area (Å²) in [5.74, 6) is 1.66. The van der Waals surface area contributed by atoms with E-state index in [4.69, 9.17) is 10.5 Å². The largest absolute Gasteiger partial charge is 0.478 e. The van der Waals surface area contributed by atoms with Gasteiger partial charge in [-0.3, -0.25) is 9.69 Å². The van der Waals surface area contributed by atoms with Gasteiger partial charge in [-0.1, -0.05) is 6.07 Å². The van der Waals surface area contributed by atoms with Crippen molar-refractivity contribution in [1.29, 1.82) is 0 Å². The molecule has 1 aromatic carbocycles. The first-order valence-corrected chi connectivity index (χ1v) is 9.29. The lowest BCUT2D eigenvalue weighted by molar-refractivity contribution is -0.122. The van der Waals surface area contributed by atoms with Crippen LogP contribution in [0, 0.1) is 6.92 Å². The minimum absolute atomic E-state index is 0.0938. The second-order valence-corrected chi connectivity index (χ2v) is 7.25. The molecule has 0 saturated carbocycles. The van der Waals surface area contributed by atoms with E-state index in [0.29, 0.717) is 5.69 Å². The zero-order valence-electron chi connectivity index (χ0n) is 15.7. The number of carbonyl (C=O) groups is 1. The highest BCUT2D eigenvalue weighted by Crippen LogP contribution is 2.34. The highest BCUT2D eigenvalue weighted by atomic mass is 16.5. The first-order valence-electron chi connectivity index (χ1n) is 9.29. The Morgan fingerprint density at radius 2 is 2.04 bits per heavy atom. The van der Waals surface area contributed by atoms with Crippen molar-refractivity contribution in [3.63, 3.8) is 0 Å². The number of nitrogen functional groups attached to an aromatic ring is 1. The molecule has 1 saturated heterocycles. The first-order chi connectivity index (χ1) is 13.0. The van der Waals surface area contributed by atoms with E-state index in [1.165, 1.54) is 5.56 Å². The number of piperazine rings is 1. The van der Waals surface area contributed by atoms with Crippen molar-refractivity contribution < 1.29 is 9.53 Å². The van der Waals surface area contributed by atoms with Crippen LogP contribution in [0.1, 0.15) is 18.1 Å². The molecule has 2 aliphatic rings. The standard InChI is InChI=1S/C20H25N5O2/c1-13-9-15(10-17-19(13)27-14(2)20(26)23-17)12-24-5-7-25(8-6-24)18-4-3-16(21)11-22-18/h3-4,9-11,14H,5-8,12,21H2,1-2H3,(H,23,26). The zero-order chi connectivity index (χ0) is 19.0. The third kappa shape index (κ3) is 3.68. The zero-order valence-corrected chi connectivity index (χ0v) is 15.7. The molecule has 0 aliphatic carbocycles. The van der Waals surface area contributed by atoms with Crippen LogP contribution in [0.3, 0.4) is 0 Å². The van der Waals surface area contributed by atoms with Gasteiger partial charge in [-0.25, -0.2) is 4.98 Å². The van der Waals surface area contributed by atoms with E-state index in [1.807, 2.05) is 25.1 Å². The summed E-state index contributed by atoms with van der Waals surface area (Å²) in [6.45, 7) is 8.42. The Morgan fingerprint density at radius 3 is 2.74 bits per heavy atom. The van der Waals surface area contributed by atoms with E-state index in [9.17, 15) is 4.79 Å². The van der Waals surface area contributed by atoms with Gasteiger partial charge in [0.05, 0.1) is 17.6 Å². The minimum atomic E-state index is -0.447. The Balaban J connectivity index is 1.41. The van der Waals surface area contributed by atoms with Crippen molar-refractivity contribution in [2.75, 3.05) is 42.1 Å². The molecule has 27 heavy (non-hydrogen) atoms. The number of benzene rings is 1. The van der Waals surface area contributed by atoms with Gasteiger partial charge in [-0.05, 0) is 43.2 Å². The molecule has 2 aromatic rings. The van der Waals surface area contributed by atoms with E-state index in [0.717, 1.165) is 55.5 Å². The highest BCUT2D eigenvalue weighted by molar-refractivity contribution is 5.97. The molecular formula is C20H25N5O2. The highest BCUT2D eigenvalue weighted by Gasteiger charge is 2.26. The SMILES string of the molecule is Cc1cc(CN2CCN(c3ccc(N)cn3)CC2)cc2c1OC(C)C(=O)N2. The van der Waals surface area contributed by atoms with E-state index < -0.39 is 6.10 Å². The topological polar surface area (TPSA) is 83.7 Å². The van der Waals surface area contributed by atoms with Gasteiger partial charge in [-0.15, -0.1) is 0 Å². The summed E-state index contributed by atoms with van der Waals surface area (Å²) in [6.07, 6.45) is 1.26. The number of aryl methyl sites for hydroxylation is 1. The van der Waals surface area contributed by atoms with Crippen LogP contribution in [0.15, 0.2) is 30.5 Å². The van der Waals surface area contributed by atoms with E-state index in [1.54, 1.807) is 13.1 Å². The van der Waals surface area contributed by atoms with Gasteiger partial charge in [0, 0.05) is 32.7 Å². The Morgan fingerprint density at radius 1 is 1.26 bits per heavy atom. The summed E-state index contributed by atoms with van der Waals surface area (Å²) >= 11 is 0. The van der Waals surface area contributed by atoms with Gasteiger partial charge in [-0.2, -0.15) is 0 Å². The molecule has 142 valence electrons. The summed E-state index contributed by atoms with van der Waals surface area (Å²) in [5.41, 5.74) is 9.42. The van der Waals surface area contributed by atoms with Crippen molar-refractivity contribution in [2.24, 2.45) is 0 Å². The molecule has 0 spiro atoms. The number of amides is 1. The molecule has 3 heterocycles. The normalized spacial score (nSPS) is 20.0. The maximum atomic E-state index is 11.9. The van der Waals surface area contributed by atoms with Gasteiger partial charge in [0.1, 0.15) is 11.6 Å². The van der Waals surface area contributed by atoms with E-state index in [2.05, 4.69) is 26.2 Å². The van der Waals surface area contributed by atoms with Crippen LogP contribution in [0.2, 0.25) is 0 Å². The second-order valence-electron chi connectivity index (χ2n) is 7.25. The number of rotatable bonds is 3. The quantitative estimate of drug-likeness (QED) is 0.863. The average molecular weight is 367 g/mol. The molecule has 7 heteroatoms. The number of nitrogens with two attached hydrogens (primary N) is 1. The monoisotopic (exact) mass is 367 g/mol. The van der Waals surface area contributed by atoms with Crippen molar-refractivity contribution in [3.05, 3.63) is 41.6 Å². The first kappa shape index (κ1) is 17.6. The van der Waals surface area contributed by atoms with Crippen molar-refractivity contribution >= 4 is 23.1 Å². The van der Waals surface area contributed by atoms with Crippen LogP contribution in [0.25, 0.3) is 0 Å². The third-order valence-corrected chi connectivity index (χ3v) is 5.13. The maximum absolute atomic E-state index is 11.9. The molecular weight excluding hydrogens is 342 g/mol. The lowest BCUT2D eigenvalue weighted by Gasteiger charge is -2.35. The molecule has 1 amide bonds. The van der Waals surface area contributed by atoms with Crippen LogP contribution in [0.4, 0.5) is 17.2 Å². The number of ether oxygens (including phenoxy) is 1. The number of fused-ring (bicyclic) bond motifs is 1. The Labute approximate surface area is 159 Å². The smallest absolute Gasteiger partial charge is 0.265 e. The Hall–Kier alpha value is -2.80. The number of hydrogen-bond donors (Lipinski definition) is 2. The van der Waals surface area contributed by atoms with Crippen LogP contribution in [-0.4, -0.2) is 48.1 Å². The lowest BCUT2D eigenvalue weighted by Crippen LogP contribution is -2.46. The minimum Gasteiger partial charge on any atom is -0.478 e. The molecule has 7 nitrogen and oxygen atoms in total. The molecule has 4 rings (SSSR count). The summed E-state index contributed by atoms with van der Waals surface area (Å²) in [4.78, 5) is 21.0. The fraction of sp³-hybridized carbons (Fsp3) is 0.400. The number of aromatic nitrogens is 1. The van der Waals surface area contributed by atoms with E-state index in [-0.39, 0.29) is 5.91 Å². The van der Waals surface area contributed by atoms with Crippen molar-refractivity contribution in [2.45, 2.75) is 26.5 Å². The molecule has 1 fully saturated rings. The van der Waals surface area contributed by atoms with Crippen LogP contribution in [0.5, 0.6) is 5.75 Å². The number of hydrogen-bond acceptors (Lipinski definition) is 6. The molecule has 0 radical (unpaired) electrons. The predicted molar refractivity (Wildman–Crippen MR) is 106 cm³/mol. The molecule has 2 aliphatic heterocycles. The average Bonchev–Trinajstić information content (AvgIpc) is 2.65. The van der Waals surface area contributed by atoms with Crippen LogP contribution < -0.4 is 20.7 Å². The number of carbonyl (C=O) groups excluding carboxylic acids is 1. The summed E-state index contributed by atoms with van der Waals surface area (Å²) < 4.78 is 5.74. The number of nitrogens with one attached hydrogen (secondary N) is 1. The van der Waals surface area contributed by atoms with E-state index >= 15 is 0 Å². The molecule has 1 unspecified atom stereocenters. The second kappa shape index (κ2) is 7.08. The summed E-state index contributed by atoms with van der Waals surface area (Å²) in [7, 11) is 0. The summed E-state index contributed by atoms with van der Waals surface area (Å²) in [6, 6.07) is 8.04. The van der Waals surface area contributed by atoms with Gasteiger partial charge in [0.15, 0.2) is 6.10 Å². The fourth-order valence-corrected chi connectivity index (χ4v) is 3.63. The van der Waals surface area contributed by atoms with Gasteiger partial charge in [0.2, 0.25) is 0 Å². The summed E-state index contributed by atoms with van der Waals surface area (Å²) in [5, 5.41) is 2.95. The van der Waals surface area contributed by atoms with Crippen molar-refractivity contribution in [1.82, 2.24) is 9.88 Å². The predicted octanol–water partition coefficient (Wildman–Crippen LogP) is 2.01. The molecule has 3 N–H and O–H groups in total. The van der Waals surface area contributed by atoms with Crippen LogP contribution >= 0.6 is 0 Å². The number of anilines is 3. The molecule has 1 aromatic heterocycles. The molecule has 1 atom stereocenters. The number of nitrogens with zero attached hydrogens (tertiary/aromatic N) is 3.